The molecule has 0 radical (unpaired) electrons. The van der Waals surface area contributed by atoms with E-state index in [0.717, 1.165) is 3.77 Å². The zero-order valence-corrected chi connectivity index (χ0v) is 12.7. The molecule has 4 nitrogen and oxygen atoms in total. The van der Waals surface area contributed by atoms with Crippen LogP contribution >= 0.6 is 22.6 Å². The first-order valence-corrected chi connectivity index (χ1v) is 6.90. The van der Waals surface area contributed by atoms with Gasteiger partial charge in [-0.2, -0.15) is 8.78 Å². The van der Waals surface area contributed by atoms with Gasteiger partial charge in [0.05, 0.1) is 0 Å². The molecule has 0 aliphatic rings. The average Bonchev–Trinajstić information content (AvgIpc) is 2.84. The quantitative estimate of drug-likeness (QED) is 0.601. The van der Waals surface area contributed by atoms with Gasteiger partial charge >= 0.3 is 6.61 Å². The lowest BCUT2D eigenvalue weighted by atomic mass is 10.3. The van der Waals surface area contributed by atoms with E-state index in [1.165, 1.54) is 36.4 Å². The fraction of sp³-hybridized carbons (Fsp3) is 0.0714. The Labute approximate surface area is 132 Å². The lowest BCUT2D eigenvalue weighted by Gasteiger charge is -2.06. The van der Waals surface area contributed by atoms with Gasteiger partial charge in [-0.15, -0.1) is 0 Å². The van der Waals surface area contributed by atoms with Crippen molar-refractivity contribution in [1.29, 1.82) is 0 Å². The van der Waals surface area contributed by atoms with E-state index in [-0.39, 0.29) is 11.7 Å². The molecule has 2 rings (SSSR count). The number of hydrogen-bond acceptors (Lipinski definition) is 3. The molecular weight excluding hydrogens is 395 g/mol. The first-order valence-electron chi connectivity index (χ1n) is 5.82. The third-order valence-electron chi connectivity index (χ3n) is 2.34. The van der Waals surface area contributed by atoms with E-state index in [0.29, 0.717) is 11.4 Å². The van der Waals surface area contributed by atoms with Gasteiger partial charge in [0.1, 0.15) is 11.5 Å². The summed E-state index contributed by atoms with van der Waals surface area (Å²) in [5, 5.41) is 2.59. The summed E-state index contributed by atoms with van der Waals surface area (Å²) in [4.78, 5) is 11.7. The molecule has 0 unspecified atom stereocenters. The Bertz CT molecular complexity index is 638. The molecule has 1 heterocycles. The number of anilines is 1. The van der Waals surface area contributed by atoms with Gasteiger partial charge in [-0.1, -0.05) is 0 Å². The molecular formula is C14H10F2INO3. The number of halogens is 3. The van der Waals surface area contributed by atoms with E-state index in [1.807, 2.05) is 22.6 Å². The van der Waals surface area contributed by atoms with Crippen molar-refractivity contribution in [1.82, 2.24) is 0 Å². The summed E-state index contributed by atoms with van der Waals surface area (Å²) < 4.78 is 34.2. The van der Waals surface area contributed by atoms with Crippen LogP contribution in [0.3, 0.4) is 0 Å². The Hall–Kier alpha value is -1.90. The molecule has 0 bridgehead atoms. The molecule has 0 saturated carbocycles. The molecule has 0 fully saturated rings. The highest BCUT2D eigenvalue weighted by molar-refractivity contribution is 14.1. The Morgan fingerprint density at radius 1 is 1.24 bits per heavy atom. The van der Waals surface area contributed by atoms with Crippen LogP contribution in [0.1, 0.15) is 5.76 Å². The number of ether oxygens (including phenoxy) is 1. The van der Waals surface area contributed by atoms with Crippen molar-refractivity contribution < 1.29 is 22.7 Å². The summed E-state index contributed by atoms with van der Waals surface area (Å²) in [5.74, 6) is 0.239. The number of benzene rings is 1. The highest BCUT2D eigenvalue weighted by atomic mass is 127. The van der Waals surface area contributed by atoms with E-state index in [9.17, 15) is 13.6 Å². The van der Waals surface area contributed by atoms with Gasteiger partial charge in [0, 0.05) is 11.8 Å². The van der Waals surface area contributed by atoms with E-state index in [1.54, 1.807) is 12.1 Å². The van der Waals surface area contributed by atoms with Crippen molar-refractivity contribution >= 4 is 40.3 Å². The summed E-state index contributed by atoms with van der Waals surface area (Å²) >= 11 is 2.02. The number of rotatable bonds is 5. The molecule has 2 aromatic rings. The molecule has 0 aliphatic carbocycles. The average molecular weight is 405 g/mol. The van der Waals surface area contributed by atoms with Crippen molar-refractivity contribution in [3.63, 3.8) is 0 Å². The minimum Gasteiger partial charge on any atom is -0.451 e. The number of nitrogens with one attached hydrogen (secondary N) is 1. The Balaban J connectivity index is 1.91. The molecule has 1 amide bonds. The van der Waals surface area contributed by atoms with E-state index in [4.69, 9.17) is 4.42 Å². The van der Waals surface area contributed by atoms with Crippen molar-refractivity contribution in [3.05, 3.63) is 52.0 Å². The molecule has 21 heavy (non-hydrogen) atoms. The smallest absolute Gasteiger partial charge is 0.387 e. The van der Waals surface area contributed by atoms with Crippen molar-refractivity contribution in [2.75, 3.05) is 5.32 Å². The van der Waals surface area contributed by atoms with Crippen LogP contribution < -0.4 is 10.1 Å². The maximum Gasteiger partial charge on any atom is 0.387 e. The first kappa shape index (κ1) is 15.5. The third kappa shape index (κ3) is 5.18. The molecule has 0 aliphatic heterocycles. The highest BCUT2D eigenvalue weighted by Crippen LogP contribution is 2.18. The van der Waals surface area contributed by atoms with Crippen molar-refractivity contribution in [2.45, 2.75) is 6.61 Å². The minimum absolute atomic E-state index is 0.0312. The van der Waals surface area contributed by atoms with Crippen molar-refractivity contribution in [2.24, 2.45) is 0 Å². The molecule has 0 atom stereocenters. The van der Waals surface area contributed by atoms with E-state index in [2.05, 4.69) is 10.1 Å². The minimum atomic E-state index is -2.87. The standard InChI is InChI=1S/C14H10F2INO3/c15-14(16)21-11-3-1-9(2-4-11)18-13(19)8-6-10-5-7-12(17)20-10/h1-8,14H,(H,18,19)/b8-6+. The van der Waals surface area contributed by atoms with E-state index >= 15 is 0 Å². The van der Waals surface area contributed by atoms with Crippen molar-refractivity contribution in [3.8, 4) is 5.75 Å². The van der Waals surface area contributed by atoms with Crippen LogP contribution in [-0.4, -0.2) is 12.5 Å². The maximum atomic E-state index is 12.0. The Morgan fingerprint density at radius 2 is 1.95 bits per heavy atom. The van der Waals surface area contributed by atoms with Gasteiger partial charge in [-0.05, 0) is 65.1 Å². The molecule has 7 heteroatoms. The van der Waals surface area contributed by atoms with Gasteiger partial charge in [0.25, 0.3) is 0 Å². The van der Waals surface area contributed by atoms with E-state index < -0.39 is 6.61 Å². The fourth-order valence-electron chi connectivity index (χ4n) is 1.48. The normalized spacial score (nSPS) is 11.0. The lowest BCUT2D eigenvalue weighted by molar-refractivity contribution is -0.111. The van der Waals surface area contributed by atoms with Crippen LogP contribution in [0.25, 0.3) is 6.08 Å². The summed E-state index contributed by atoms with van der Waals surface area (Å²) in [6.07, 6.45) is 2.85. The van der Waals surface area contributed by atoms with Gasteiger partial charge in [0.15, 0.2) is 3.77 Å². The maximum absolute atomic E-state index is 12.0. The zero-order chi connectivity index (χ0) is 15.2. The summed E-state index contributed by atoms with van der Waals surface area (Å²) in [5.41, 5.74) is 0.472. The van der Waals surface area contributed by atoms with Crippen LogP contribution in [0.15, 0.2) is 46.9 Å². The third-order valence-corrected chi connectivity index (χ3v) is 2.92. The summed E-state index contributed by atoms with van der Waals surface area (Å²) in [6.45, 7) is -2.87. The van der Waals surface area contributed by atoms with Gasteiger partial charge in [-0.25, -0.2) is 0 Å². The molecule has 0 spiro atoms. The van der Waals surface area contributed by atoms with Crippen LogP contribution in [0.5, 0.6) is 5.75 Å². The number of hydrogen-bond donors (Lipinski definition) is 1. The SMILES string of the molecule is O=C(/C=C/c1ccc(I)o1)Nc1ccc(OC(F)F)cc1. The summed E-state index contributed by atoms with van der Waals surface area (Å²) in [6, 6.07) is 9.15. The zero-order valence-electron chi connectivity index (χ0n) is 10.6. The lowest BCUT2D eigenvalue weighted by Crippen LogP contribution is -2.07. The molecule has 1 N–H and O–H groups in total. The van der Waals surface area contributed by atoms with Gasteiger partial charge in [-0.3, -0.25) is 4.79 Å². The highest BCUT2D eigenvalue weighted by Gasteiger charge is 2.04. The first-order chi connectivity index (χ1) is 10.0. The predicted octanol–water partition coefficient (Wildman–Crippen LogP) is 4.14. The number of carbonyl (C=O) groups is 1. The molecule has 110 valence electrons. The van der Waals surface area contributed by atoms with Gasteiger partial charge in [0.2, 0.25) is 5.91 Å². The largest absolute Gasteiger partial charge is 0.451 e. The van der Waals surface area contributed by atoms with Crippen LogP contribution in [-0.2, 0) is 4.79 Å². The number of furan rings is 1. The molecule has 1 aromatic carbocycles. The van der Waals surface area contributed by atoms with Crippen LogP contribution in [0.4, 0.5) is 14.5 Å². The monoisotopic (exact) mass is 405 g/mol. The number of alkyl halides is 2. The Kier molecular flexibility index (Phi) is 5.32. The molecule has 0 saturated heterocycles. The van der Waals surface area contributed by atoms with Crippen LogP contribution in [0.2, 0.25) is 0 Å². The molecule has 1 aromatic heterocycles. The second kappa shape index (κ2) is 7.21. The second-order valence-electron chi connectivity index (χ2n) is 3.87. The van der Waals surface area contributed by atoms with Crippen LogP contribution in [0, 0.1) is 3.77 Å². The second-order valence-corrected chi connectivity index (χ2v) is 4.93. The summed E-state index contributed by atoms with van der Waals surface area (Å²) in [7, 11) is 0. The van der Waals surface area contributed by atoms with Gasteiger partial charge < -0.3 is 14.5 Å². The number of carbonyl (C=O) groups excluding carboxylic acids is 1. The predicted molar refractivity (Wildman–Crippen MR) is 82.2 cm³/mol. The fourth-order valence-corrected chi connectivity index (χ4v) is 1.91. The Morgan fingerprint density at radius 3 is 2.52 bits per heavy atom. The number of amides is 1. The topological polar surface area (TPSA) is 51.5 Å².